The fraction of sp³-hybridized carbons (Fsp3) is 0.389. The lowest BCUT2D eigenvalue weighted by molar-refractivity contribution is -0.254. The van der Waals surface area contributed by atoms with Gasteiger partial charge >= 0.3 is 12.0 Å². The number of carbonyl (C=O) groups is 2. The van der Waals surface area contributed by atoms with Crippen molar-refractivity contribution >= 4 is 39.6 Å². The molecule has 186 valence electrons. The molecule has 0 aliphatic rings. The van der Waals surface area contributed by atoms with Crippen LogP contribution < -0.4 is 19.5 Å². The number of halogens is 2. The first kappa shape index (κ1) is 26.9. The van der Waals surface area contributed by atoms with Crippen LogP contribution in [0.25, 0.3) is 0 Å². The lowest BCUT2D eigenvalue weighted by atomic mass is 10.1. The van der Waals surface area contributed by atoms with E-state index in [1.54, 1.807) is 4.72 Å². The average molecular weight is 522 g/mol. The number of ether oxygens (including phenoxy) is 4. The van der Waals surface area contributed by atoms with Gasteiger partial charge in [0.2, 0.25) is 17.7 Å². The number of rotatable bonds is 9. The number of urea groups is 1. The van der Waals surface area contributed by atoms with Gasteiger partial charge in [-0.3, -0.25) is 15.1 Å². The van der Waals surface area contributed by atoms with Crippen LogP contribution in [-0.4, -0.2) is 62.9 Å². The van der Waals surface area contributed by atoms with E-state index in [1.807, 2.05) is 0 Å². The van der Waals surface area contributed by atoms with Gasteiger partial charge in [0.25, 0.3) is 15.8 Å². The third-order valence-electron chi connectivity index (χ3n) is 4.13. The van der Waals surface area contributed by atoms with E-state index < -0.39 is 49.6 Å². The number of esters is 1. The molecular weight excluding hydrogens is 501 g/mol. The van der Waals surface area contributed by atoms with E-state index in [1.165, 1.54) is 20.3 Å². The zero-order valence-corrected chi connectivity index (χ0v) is 20.2. The predicted octanol–water partition coefficient (Wildman–Crippen LogP) is 1.77. The summed E-state index contributed by atoms with van der Waals surface area (Å²) in [5, 5.41) is 1.64. The monoisotopic (exact) mass is 521 g/mol. The predicted molar refractivity (Wildman–Crippen MR) is 115 cm³/mol. The highest BCUT2D eigenvalue weighted by Gasteiger charge is 2.48. The third-order valence-corrected chi connectivity index (χ3v) is 5.96. The second-order valence-electron chi connectivity index (χ2n) is 6.39. The molecule has 2 aromatic heterocycles. The summed E-state index contributed by atoms with van der Waals surface area (Å²) < 4.78 is 62.4. The van der Waals surface area contributed by atoms with E-state index in [-0.39, 0.29) is 17.7 Å². The minimum atomic E-state index is -4.85. The maximum absolute atomic E-state index is 14.6. The molecule has 2 heterocycles. The number of anilines is 1. The van der Waals surface area contributed by atoms with E-state index in [4.69, 9.17) is 30.5 Å². The maximum atomic E-state index is 14.6. The van der Waals surface area contributed by atoms with Crippen molar-refractivity contribution in [1.29, 1.82) is 0 Å². The Hall–Kier alpha value is -3.30. The number of amides is 2. The Labute approximate surface area is 199 Å². The van der Waals surface area contributed by atoms with Crippen molar-refractivity contribution in [3.05, 3.63) is 29.0 Å². The number of aromatic nitrogens is 3. The Morgan fingerprint density at radius 2 is 1.76 bits per heavy atom. The highest BCUT2D eigenvalue weighted by Crippen LogP contribution is 2.38. The fourth-order valence-corrected chi connectivity index (χ4v) is 4.35. The molecule has 2 rings (SSSR count). The Balaban J connectivity index is 2.50. The van der Waals surface area contributed by atoms with Crippen molar-refractivity contribution in [1.82, 2.24) is 19.7 Å². The summed E-state index contributed by atoms with van der Waals surface area (Å²) in [6.45, 7) is 1.92. The Morgan fingerprint density at radius 1 is 1.18 bits per heavy atom. The van der Waals surface area contributed by atoms with Gasteiger partial charge in [-0.1, -0.05) is 11.6 Å². The maximum Gasteiger partial charge on any atom is 0.335 e. The molecule has 13 nitrogen and oxygen atoms in total. The SMILES string of the molecule is COc1cc(OC)nc(NC(=O)NS(=O)(=O)c2c(Cl)ccnc2C(OC)(OC(C)=O)C(C)F)n1. The number of alkyl halides is 1. The summed E-state index contributed by atoms with van der Waals surface area (Å²) in [5.41, 5.74) is -0.702. The zero-order chi connectivity index (χ0) is 25.7. The summed E-state index contributed by atoms with van der Waals surface area (Å²) in [6, 6.07) is 1.08. The van der Waals surface area contributed by atoms with Gasteiger partial charge in [0.15, 0.2) is 6.17 Å². The first-order valence-electron chi connectivity index (χ1n) is 9.24. The first-order valence-corrected chi connectivity index (χ1v) is 11.1. The number of nitrogens with one attached hydrogen (secondary N) is 2. The number of pyridine rings is 1. The second kappa shape index (κ2) is 10.8. The molecule has 2 aromatic rings. The van der Waals surface area contributed by atoms with Gasteiger partial charge in [-0.15, -0.1) is 0 Å². The van der Waals surface area contributed by atoms with Gasteiger partial charge in [-0.2, -0.15) is 9.97 Å². The summed E-state index contributed by atoms with van der Waals surface area (Å²) in [5.74, 6) is -3.89. The molecule has 0 radical (unpaired) electrons. The summed E-state index contributed by atoms with van der Waals surface area (Å²) in [4.78, 5) is 34.7. The van der Waals surface area contributed by atoms with Crippen LogP contribution in [-0.2, 0) is 30.1 Å². The smallest absolute Gasteiger partial charge is 0.335 e. The van der Waals surface area contributed by atoms with E-state index in [2.05, 4.69) is 20.3 Å². The number of methoxy groups -OCH3 is 3. The minimum Gasteiger partial charge on any atom is -0.481 e. The van der Waals surface area contributed by atoms with Crippen LogP contribution in [0.3, 0.4) is 0 Å². The second-order valence-corrected chi connectivity index (χ2v) is 8.41. The van der Waals surface area contributed by atoms with Crippen molar-refractivity contribution < 1.29 is 41.3 Å². The number of hydrogen-bond donors (Lipinski definition) is 2. The highest BCUT2D eigenvalue weighted by molar-refractivity contribution is 7.90. The molecule has 2 N–H and O–H groups in total. The van der Waals surface area contributed by atoms with Crippen molar-refractivity contribution in [3.8, 4) is 11.8 Å². The third kappa shape index (κ3) is 5.78. The van der Waals surface area contributed by atoms with Crippen LogP contribution in [0.15, 0.2) is 23.2 Å². The van der Waals surface area contributed by atoms with Crippen LogP contribution in [0.4, 0.5) is 15.1 Å². The standard InChI is InChI=1S/C18H21ClFN5O8S/c1-9(20)18(32-5,33-10(2)26)15-14(11(19)6-7-21-15)34(28,29)25-17(27)24-16-22-12(30-3)8-13(23-16)31-4/h6-9H,1-5H3,(H2,22,23,24,25,27). The fourth-order valence-electron chi connectivity index (χ4n) is 2.73. The minimum absolute atomic E-state index is 0.0193. The Morgan fingerprint density at radius 3 is 2.24 bits per heavy atom. The number of carbonyl (C=O) groups excluding carboxylic acids is 2. The molecule has 0 spiro atoms. The van der Waals surface area contributed by atoms with Crippen molar-refractivity contribution in [2.75, 3.05) is 26.6 Å². The molecular formula is C18H21ClFN5O8S. The molecule has 0 saturated heterocycles. The van der Waals surface area contributed by atoms with Crippen molar-refractivity contribution in [2.45, 2.75) is 30.7 Å². The van der Waals surface area contributed by atoms with Crippen LogP contribution in [0.2, 0.25) is 5.02 Å². The summed E-state index contributed by atoms with van der Waals surface area (Å²) in [6.07, 6.45) is -1.06. The molecule has 2 atom stereocenters. The average Bonchev–Trinajstić information content (AvgIpc) is 2.75. The summed E-state index contributed by atoms with van der Waals surface area (Å²) in [7, 11) is -1.26. The molecule has 0 fully saturated rings. The van der Waals surface area contributed by atoms with E-state index in [0.29, 0.717) is 0 Å². The van der Waals surface area contributed by atoms with Gasteiger partial charge in [0.1, 0.15) is 10.6 Å². The van der Waals surface area contributed by atoms with E-state index in [0.717, 1.165) is 33.2 Å². The topological polar surface area (TPSA) is 168 Å². The van der Waals surface area contributed by atoms with Crippen LogP contribution >= 0.6 is 11.6 Å². The van der Waals surface area contributed by atoms with Crippen LogP contribution in [0.1, 0.15) is 19.5 Å². The number of hydrogen-bond acceptors (Lipinski definition) is 11. The van der Waals surface area contributed by atoms with Crippen LogP contribution in [0, 0.1) is 0 Å². The molecule has 0 bridgehead atoms. The highest BCUT2D eigenvalue weighted by atomic mass is 35.5. The molecule has 0 aliphatic carbocycles. The van der Waals surface area contributed by atoms with Gasteiger partial charge in [0, 0.05) is 20.2 Å². The molecule has 0 aromatic carbocycles. The van der Waals surface area contributed by atoms with Gasteiger partial charge in [0.05, 0.1) is 25.3 Å². The molecule has 34 heavy (non-hydrogen) atoms. The number of sulfonamides is 1. The van der Waals surface area contributed by atoms with E-state index >= 15 is 0 Å². The molecule has 2 unspecified atom stereocenters. The van der Waals surface area contributed by atoms with Gasteiger partial charge in [-0.25, -0.2) is 22.3 Å². The normalized spacial score (nSPS) is 13.9. The Bertz CT molecular complexity index is 1160. The van der Waals surface area contributed by atoms with Gasteiger partial charge in [-0.05, 0) is 13.0 Å². The van der Waals surface area contributed by atoms with Crippen molar-refractivity contribution in [2.24, 2.45) is 0 Å². The molecule has 2 amide bonds. The molecule has 0 saturated carbocycles. The van der Waals surface area contributed by atoms with Crippen LogP contribution in [0.5, 0.6) is 11.8 Å². The zero-order valence-electron chi connectivity index (χ0n) is 18.6. The lowest BCUT2D eigenvalue weighted by Crippen LogP contribution is -2.45. The molecule has 0 aliphatic heterocycles. The largest absolute Gasteiger partial charge is 0.481 e. The number of nitrogens with zero attached hydrogens (tertiary/aromatic N) is 3. The van der Waals surface area contributed by atoms with Crippen molar-refractivity contribution in [3.63, 3.8) is 0 Å². The first-order chi connectivity index (χ1) is 15.9. The van der Waals surface area contributed by atoms with E-state index in [9.17, 15) is 22.4 Å². The molecule has 16 heteroatoms. The summed E-state index contributed by atoms with van der Waals surface area (Å²) >= 11 is 6.07. The van der Waals surface area contributed by atoms with Gasteiger partial charge < -0.3 is 18.9 Å². The lowest BCUT2D eigenvalue weighted by Gasteiger charge is -2.33. The Kier molecular flexibility index (Phi) is 8.52. The quantitative estimate of drug-likeness (QED) is 0.364.